The van der Waals surface area contributed by atoms with Crippen molar-refractivity contribution in [3.8, 4) is 0 Å². The van der Waals surface area contributed by atoms with Crippen molar-refractivity contribution in [3.05, 3.63) is 0 Å². The molecule has 0 spiro atoms. The van der Waals surface area contributed by atoms with Gasteiger partial charge in [-0.25, -0.2) is 0 Å². The van der Waals surface area contributed by atoms with Gasteiger partial charge in [0.05, 0.1) is 0 Å². The van der Waals surface area contributed by atoms with E-state index < -0.39 is 23.9 Å². The second kappa shape index (κ2) is 36.3. The van der Waals surface area contributed by atoms with Crippen LogP contribution < -0.4 is 22.9 Å². The molecule has 0 aromatic carbocycles. The number of unbranched alkanes of at least 4 members (excludes halogenated alkanes) is 9. The zero-order chi connectivity index (χ0) is 27.7. The molecule has 0 rings (SSSR count). The fraction of sp³-hybridized carbons (Fsp3) is 0.826. The summed E-state index contributed by atoms with van der Waals surface area (Å²) in [6, 6.07) is 0. The van der Waals surface area contributed by atoms with E-state index >= 15 is 0 Å². The van der Waals surface area contributed by atoms with Crippen molar-refractivity contribution in [3.63, 3.8) is 0 Å². The van der Waals surface area contributed by atoms with Crippen molar-refractivity contribution in [1.29, 1.82) is 0 Å². The lowest BCUT2D eigenvalue weighted by molar-refractivity contribution is -0.139. The summed E-state index contributed by atoms with van der Waals surface area (Å²) in [7, 11) is 0. The molecule has 0 amide bonds. The molecule has 12 N–H and O–H groups in total. The van der Waals surface area contributed by atoms with Crippen LogP contribution >= 0.6 is 0 Å². The summed E-state index contributed by atoms with van der Waals surface area (Å²) in [4.78, 5) is 40.1. The highest BCUT2D eigenvalue weighted by atomic mass is 16.4. The largest absolute Gasteiger partial charge is 0.481 e. The molecule has 0 unspecified atom stereocenters. The first-order valence-electron chi connectivity index (χ1n) is 12.3. The molecule has 12 heteroatoms. The van der Waals surface area contributed by atoms with Gasteiger partial charge < -0.3 is 43.4 Å². The van der Waals surface area contributed by atoms with Gasteiger partial charge in [0, 0.05) is 32.4 Å². The molecule has 0 saturated heterocycles. The van der Waals surface area contributed by atoms with Crippen LogP contribution in [0, 0.1) is 0 Å². The zero-order valence-electron chi connectivity index (χ0n) is 21.2. The van der Waals surface area contributed by atoms with Crippen LogP contribution in [0.4, 0.5) is 0 Å². The number of hydrogen-bond donors (Lipinski definition) is 8. The summed E-state index contributed by atoms with van der Waals surface area (Å²) in [5, 5.41) is 33.0. The van der Waals surface area contributed by atoms with E-state index in [4.69, 9.17) is 31.9 Å². The molecule has 0 aliphatic carbocycles. The Balaban J connectivity index is -0.000000202. The lowest BCUT2D eigenvalue weighted by Gasteiger charge is -1.98. The Morgan fingerprint density at radius 2 is 0.543 bits per heavy atom. The highest BCUT2D eigenvalue weighted by molar-refractivity contribution is 5.68. The maximum Gasteiger partial charge on any atom is 0.303 e. The molecule has 0 fully saturated rings. The Morgan fingerprint density at radius 1 is 0.371 bits per heavy atom. The number of rotatable bonds is 19. The van der Waals surface area contributed by atoms with Gasteiger partial charge in [-0.3, -0.25) is 19.2 Å². The van der Waals surface area contributed by atoms with Gasteiger partial charge in [0.15, 0.2) is 0 Å². The molecule has 0 heterocycles. The summed E-state index contributed by atoms with van der Waals surface area (Å²) < 4.78 is 0. The Hall–Kier alpha value is -2.28. The average molecular weight is 511 g/mol. The molecule has 0 radical (unpaired) electrons. The van der Waals surface area contributed by atoms with Crippen molar-refractivity contribution in [2.45, 2.75) is 103 Å². The van der Waals surface area contributed by atoms with Crippen LogP contribution in [0.15, 0.2) is 0 Å². The van der Waals surface area contributed by atoms with Crippen LogP contribution in [0.1, 0.15) is 103 Å². The number of carboxylic acid groups (broad SMARTS) is 4. The van der Waals surface area contributed by atoms with Crippen molar-refractivity contribution >= 4 is 23.9 Å². The third-order valence-corrected chi connectivity index (χ3v) is 4.22. The van der Waals surface area contributed by atoms with Crippen LogP contribution in [-0.4, -0.2) is 64.1 Å². The molecule has 35 heavy (non-hydrogen) atoms. The first kappa shape index (κ1) is 39.9. The van der Waals surface area contributed by atoms with Crippen LogP contribution in [0.5, 0.6) is 0 Å². The van der Waals surface area contributed by atoms with Gasteiger partial charge in [-0.05, 0) is 51.6 Å². The molecular weight excluding hydrogens is 460 g/mol. The molecule has 0 aromatic rings. The summed E-state index contributed by atoms with van der Waals surface area (Å²) in [6.45, 7) is 1.90. The molecule has 0 aliphatic heterocycles. The molecule has 0 saturated carbocycles. The predicted molar refractivity (Wildman–Crippen MR) is 136 cm³/mol. The van der Waals surface area contributed by atoms with Gasteiger partial charge in [-0.2, -0.15) is 0 Å². The quantitative estimate of drug-likeness (QED) is 0.0919. The number of hydrogen-bond acceptors (Lipinski definition) is 8. The van der Waals surface area contributed by atoms with Crippen LogP contribution in [0.2, 0.25) is 0 Å². The van der Waals surface area contributed by atoms with E-state index in [1.165, 1.54) is 12.8 Å². The van der Waals surface area contributed by atoms with Gasteiger partial charge in [0.25, 0.3) is 0 Å². The smallest absolute Gasteiger partial charge is 0.303 e. The van der Waals surface area contributed by atoms with E-state index in [0.717, 1.165) is 64.5 Å². The van der Waals surface area contributed by atoms with Crippen molar-refractivity contribution < 1.29 is 39.6 Å². The minimum absolute atomic E-state index is 0.0628. The minimum atomic E-state index is -0.870. The molecule has 0 bridgehead atoms. The summed E-state index contributed by atoms with van der Waals surface area (Å²) in [5.41, 5.74) is 19.8. The predicted octanol–water partition coefficient (Wildman–Crippen LogP) is 2.32. The first-order chi connectivity index (χ1) is 16.6. The molecular formula is C23H50N4O8. The fourth-order valence-corrected chi connectivity index (χ4v) is 2.45. The monoisotopic (exact) mass is 510 g/mol. The van der Waals surface area contributed by atoms with E-state index in [1.54, 1.807) is 0 Å². The van der Waals surface area contributed by atoms with Gasteiger partial charge in [0.1, 0.15) is 0 Å². The van der Waals surface area contributed by atoms with Gasteiger partial charge in [0.2, 0.25) is 0 Å². The van der Waals surface area contributed by atoms with E-state index in [0.29, 0.717) is 12.8 Å². The number of aliphatic carboxylic acids is 4. The minimum Gasteiger partial charge on any atom is -0.481 e. The highest BCUT2D eigenvalue weighted by Crippen LogP contribution is 2.08. The Labute approximate surface area is 209 Å². The molecule has 12 nitrogen and oxygen atoms in total. The lowest BCUT2D eigenvalue weighted by atomic mass is 10.1. The third kappa shape index (κ3) is 65.3. The molecule has 0 atom stereocenters. The van der Waals surface area contributed by atoms with Crippen molar-refractivity contribution in [2.75, 3.05) is 19.8 Å². The molecule has 210 valence electrons. The Bertz CT molecular complexity index is 452. The van der Waals surface area contributed by atoms with E-state index in [-0.39, 0.29) is 32.4 Å². The Morgan fingerprint density at radius 3 is 0.743 bits per heavy atom. The fourth-order valence-electron chi connectivity index (χ4n) is 2.45. The highest BCUT2D eigenvalue weighted by Gasteiger charge is 1.99. The number of carboxylic acids is 4. The van der Waals surface area contributed by atoms with Crippen molar-refractivity contribution in [2.24, 2.45) is 22.9 Å². The van der Waals surface area contributed by atoms with E-state index in [2.05, 4.69) is 11.5 Å². The maximum absolute atomic E-state index is 10.1. The van der Waals surface area contributed by atoms with Crippen LogP contribution in [0.3, 0.4) is 0 Å². The second-order valence-electron chi connectivity index (χ2n) is 7.63. The van der Waals surface area contributed by atoms with E-state index in [9.17, 15) is 19.2 Å². The number of carbonyl (C=O) groups is 4. The van der Waals surface area contributed by atoms with Gasteiger partial charge >= 0.3 is 23.9 Å². The normalized spacial score (nSPS) is 9.37. The average Bonchev–Trinajstić information content (AvgIpc) is 2.77. The summed E-state index contributed by atoms with van der Waals surface area (Å²) in [6.07, 6.45) is 11.6. The van der Waals surface area contributed by atoms with Gasteiger partial charge in [-0.1, -0.05) is 38.5 Å². The van der Waals surface area contributed by atoms with E-state index in [1.807, 2.05) is 0 Å². The SMILES string of the molecule is NCCCCCCN.NCN.O=C(O)CCCCC(=O)O.O=C(O)CCCCCCCCC(=O)O. The van der Waals surface area contributed by atoms with Crippen LogP contribution in [0.25, 0.3) is 0 Å². The first-order valence-corrected chi connectivity index (χ1v) is 12.3. The second-order valence-corrected chi connectivity index (χ2v) is 7.63. The van der Waals surface area contributed by atoms with Gasteiger partial charge in [-0.15, -0.1) is 0 Å². The third-order valence-electron chi connectivity index (χ3n) is 4.22. The zero-order valence-corrected chi connectivity index (χ0v) is 21.2. The van der Waals surface area contributed by atoms with Crippen LogP contribution in [-0.2, 0) is 19.2 Å². The standard InChI is InChI=1S/C10H18O4.C6H16N2.C6H10O4.CH6N2/c11-9(12)7-5-3-1-2-4-6-8-10(13)14;7-5-3-1-2-4-6-8;7-5(8)3-1-2-4-6(9)10;2-1-3/h1-8H2,(H,11,12)(H,13,14);1-8H2;1-4H2,(H,7,8)(H,9,10);1-3H2. The molecule has 0 aromatic heterocycles. The Kier molecular flexibility index (Phi) is 41.4. The lowest BCUT2D eigenvalue weighted by Crippen LogP contribution is -2.08. The number of nitrogens with two attached hydrogens (primary N) is 4. The summed E-state index contributed by atoms with van der Waals surface area (Å²) in [5.74, 6) is -3.22. The topological polar surface area (TPSA) is 253 Å². The molecule has 0 aliphatic rings. The van der Waals surface area contributed by atoms with Crippen molar-refractivity contribution in [1.82, 2.24) is 0 Å². The summed E-state index contributed by atoms with van der Waals surface area (Å²) >= 11 is 0. The maximum atomic E-state index is 10.1.